The van der Waals surface area contributed by atoms with Gasteiger partial charge in [0.15, 0.2) is 17.5 Å². The molecular formula is C46H32N4. The van der Waals surface area contributed by atoms with E-state index in [4.69, 9.17) is 15.0 Å². The molecule has 0 aliphatic rings. The van der Waals surface area contributed by atoms with Gasteiger partial charge in [-0.1, -0.05) is 127 Å². The summed E-state index contributed by atoms with van der Waals surface area (Å²) in [7, 11) is 0. The van der Waals surface area contributed by atoms with Crippen LogP contribution in [-0.2, 0) is 0 Å². The molecule has 0 atom stereocenters. The molecule has 0 fully saturated rings. The zero-order chi connectivity index (χ0) is 33.6. The molecule has 9 rings (SSSR count). The van der Waals surface area contributed by atoms with Crippen molar-refractivity contribution >= 4 is 49.3 Å². The molecule has 0 spiro atoms. The Hall–Kier alpha value is -6.52. The van der Waals surface area contributed by atoms with Crippen LogP contribution >= 0.6 is 0 Å². The minimum atomic E-state index is 0.629. The molecular weight excluding hydrogens is 609 g/mol. The molecule has 4 heteroatoms. The van der Waals surface area contributed by atoms with Crippen LogP contribution in [0.2, 0.25) is 0 Å². The molecule has 50 heavy (non-hydrogen) atoms. The van der Waals surface area contributed by atoms with Crippen molar-refractivity contribution in [2.45, 2.75) is 13.8 Å². The third kappa shape index (κ3) is 5.10. The van der Waals surface area contributed by atoms with E-state index < -0.39 is 0 Å². The second kappa shape index (κ2) is 12.2. The fraction of sp³-hybridized carbons (Fsp3) is 0.0435. The summed E-state index contributed by atoms with van der Waals surface area (Å²) in [4.78, 5) is 20.4. The van der Waals surface area contributed by atoms with Crippen molar-refractivity contribution in [3.8, 4) is 45.3 Å². The fourth-order valence-electron chi connectivity index (χ4n) is 7.14. The Kier molecular flexibility index (Phi) is 7.21. The van der Waals surface area contributed by atoms with E-state index in [2.05, 4.69) is 152 Å². The Morgan fingerprint density at radius 3 is 1.76 bits per heavy atom. The number of pyridine rings is 1. The number of benzene rings is 7. The zero-order valence-electron chi connectivity index (χ0n) is 27.8. The first-order valence-electron chi connectivity index (χ1n) is 16.9. The molecule has 0 saturated heterocycles. The molecule has 2 heterocycles. The first-order chi connectivity index (χ1) is 24.6. The van der Waals surface area contributed by atoms with E-state index in [0.29, 0.717) is 17.5 Å². The highest BCUT2D eigenvalue weighted by Gasteiger charge is 2.18. The molecule has 0 amide bonds. The molecule has 0 aliphatic carbocycles. The summed E-state index contributed by atoms with van der Waals surface area (Å²) >= 11 is 0. The van der Waals surface area contributed by atoms with E-state index in [0.717, 1.165) is 54.9 Å². The van der Waals surface area contributed by atoms with Gasteiger partial charge in [0.05, 0.1) is 5.52 Å². The van der Waals surface area contributed by atoms with Crippen molar-refractivity contribution in [1.82, 2.24) is 19.9 Å². The van der Waals surface area contributed by atoms with Crippen molar-refractivity contribution in [3.63, 3.8) is 0 Å². The lowest BCUT2D eigenvalue weighted by Gasteiger charge is -2.15. The summed E-state index contributed by atoms with van der Waals surface area (Å²) in [5, 5.41) is 8.04. The van der Waals surface area contributed by atoms with E-state index in [1.54, 1.807) is 0 Å². The Balaban J connectivity index is 1.27. The predicted molar refractivity (Wildman–Crippen MR) is 209 cm³/mol. The Morgan fingerprint density at radius 2 is 1.02 bits per heavy atom. The van der Waals surface area contributed by atoms with Gasteiger partial charge in [-0.25, -0.2) is 15.0 Å². The maximum absolute atomic E-state index is 5.27. The van der Waals surface area contributed by atoms with Gasteiger partial charge in [0.2, 0.25) is 0 Å². The van der Waals surface area contributed by atoms with E-state index in [-0.39, 0.29) is 0 Å². The molecule has 0 radical (unpaired) electrons. The molecule has 0 saturated carbocycles. The average molecular weight is 641 g/mol. The minimum absolute atomic E-state index is 0.629. The van der Waals surface area contributed by atoms with Crippen LogP contribution in [0.1, 0.15) is 18.1 Å². The number of hydrogen-bond acceptors (Lipinski definition) is 4. The van der Waals surface area contributed by atoms with Crippen LogP contribution in [0.4, 0.5) is 0 Å². The van der Waals surface area contributed by atoms with Crippen LogP contribution in [0, 0.1) is 6.92 Å². The highest BCUT2D eigenvalue weighted by Crippen LogP contribution is 2.37. The number of fused-ring (bicyclic) bond motifs is 5. The van der Waals surface area contributed by atoms with Crippen LogP contribution < -0.4 is 0 Å². The van der Waals surface area contributed by atoms with E-state index in [1.807, 2.05) is 24.4 Å². The fourth-order valence-corrected chi connectivity index (χ4v) is 7.14. The summed E-state index contributed by atoms with van der Waals surface area (Å²) < 4.78 is 0. The lowest BCUT2D eigenvalue weighted by Crippen LogP contribution is -2.02. The van der Waals surface area contributed by atoms with E-state index in [9.17, 15) is 0 Å². The molecule has 2 aromatic heterocycles. The van der Waals surface area contributed by atoms with Gasteiger partial charge in [0, 0.05) is 33.8 Å². The summed E-state index contributed by atoms with van der Waals surface area (Å²) in [6.07, 6.45) is 6.21. The first kappa shape index (κ1) is 29.6. The van der Waals surface area contributed by atoms with Crippen molar-refractivity contribution in [2.24, 2.45) is 0 Å². The Morgan fingerprint density at radius 1 is 0.460 bits per heavy atom. The van der Waals surface area contributed by atoms with Crippen molar-refractivity contribution in [2.75, 3.05) is 0 Å². The van der Waals surface area contributed by atoms with E-state index in [1.165, 1.54) is 27.3 Å². The van der Waals surface area contributed by atoms with Gasteiger partial charge < -0.3 is 0 Å². The molecule has 0 bridgehead atoms. The maximum atomic E-state index is 5.27. The predicted octanol–water partition coefficient (Wildman–Crippen LogP) is 11.9. The standard InChI is InChI=1S/C46H32N4/c1-3-12-35-29(2)25-41(39-18-9-7-16-37(35)39)45-48-44(31-23-21-30(22-24-31)34-26-33-14-5-11-20-43(33)47-28-34)49-46(50-45)42-27-32-13-4-6-15-36(32)38-17-8-10-19-40(38)42/h3-28H,1-2H3/b12-3-. The zero-order valence-corrected chi connectivity index (χ0v) is 27.8. The van der Waals surface area contributed by atoms with E-state index >= 15 is 0 Å². The SMILES string of the molecule is C/C=C\c1c(C)cc(-c2nc(-c3ccc(-c4cnc5ccccc5c4)cc3)nc(-c3cc4ccccc4c4ccccc34)n2)c2ccccc12. The number of hydrogen-bond donors (Lipinski definition) is 0. The maximum Gasteiger partial charge on any atom is 0.164 e. The van der Waals surface area contributed by atoms with Gasteiger partial charge in [-0.3, -0.25) is 4.98 Å². The number of rotatable bonds is 5. The summed E-state index contributed by atoms with van der Waals surface area (Å²) in [5.41, 5.74) is 8.41. The van der Waals surface area contributed by atoms with Gasteiger partial charge in [0.1, 0.15) is 0 Å². The largest absolute Gasteiger partial charge is 0.256 e. The smallest absolute Gasteiger partial charge is 0.164 e. The third-order valence-electron chi connectivity index (χ3n) is 9.58. The second-order valence-electron chi connectivity index (χ2n) is 12.7. The van der Waals surface area contributed by atoms with Crippen LogP contribution in [0.15, 0.2) is 152 Å². The number of nitrogens with zero attached hydrogens (tertiary/aromatic N) is 4. The van der Waals surface area contributed by atoms with Crippen LogP contribution in [0.5, 0.6) is 0 Å². The number of aryl methyl sites for hydroxylation is 1. The molecule has 4 nitrogen and oxygen atoms in total. The second-order valence-corrected chi connectivity index (χ2v) is 12.7. The monoisotopic (exact) mass is 640 g/mol. The molecule has 0 unspecified atom stereocenters. The van der Waals surface area contributed by atoms with Gasteiger partial charge in [0.25, 0.3) is 0 Å². The van der Waals surface area contributed by atoms with Crippen molar-refractivity contribution in [3.05, 3.63) is 163 Å². The highest BCUT2D eigenvalue weighted by atomic mass is 15.0. The molecule has 0 aliphatic heterocycles. The normalized spacial score (nSPS) is 11.7. The van der Waals surface area contributed by atoms with Crippen molar-refractivity contribution in [1.29, 1.82) is 0 Å². The summed E-state index contributed by atoms with van der Waals surface area (Å²) in [5.74, 6) is 1.93. The molecule has 7 aromatic carbocycles. The van der Waals surface area contributed by atoms with Gasteiger partial charge >= 0.3 is 0 Å². The van der Waals surface area contributed by atoms with Crippen LogP contribution in [0.3, 0.4) is 0 Å². The number of para-hydroxylation sites is 1. The highest BCUT2D eigenvalue weighted by molar-refractivity contribution is 6.13. The van der Waals surface area contributed by atoms with Crippen LogP contribution in [-0.4, -0.2) is 19.9 Å². The third-order valence-corrected chi connectivity index (χ3v) is 9.58. The molecule has 0 N–H and O–H groups in total. The lowest BCUT2D eigenvalue weighted by molar-refractivity contribution is 1.08. The summed E-state index contributed by atoms with van der Waals surface area (Å²) in [6.45, 7) is 4.22. The van der Waals surface area contributed by atoms with Gasteiger partial charge in [-0.2, -0.15) is 0 Å². The average Bonchev–Trinajstić information content (AvgIpc) is 3.18. The minimum Gasteiger partial charge on any atom is -0.256 e. The number of aromatic nitrogens is 4. The van der Waals surface area contributed by atoms with Crippen molar-refractivity contribution < 1.29 is 0 Å². The lowest BCUT2D eigenvalue weighted by atomic mass is 9.94. The number of allylic oxidation sites excluding steroid dienone is 1. The topological polar surface area (TPSA) is 51.6 Å². The Labute approximate surface area is 290 Å². The first-order valence-corrected chi connectivity index (χ1v) is 16.9. The molecule has 9 aromatic rings. The molecule has 236 valence electrons. The summed E-state index contributed by atoms with van der Waals surface area (Å²) in [6, 6.07) is 48.8. The quantitative estimate of drug-likeness (QED) is 0.176. The van der Waals surface area contributed by atoms with Crippen LogP contribution in [0.25, 0.3) is 94.6 Å². The van der Waals surface area contributed by atoms with Gasteiger partial charge in [-0.05, 0) is 87.1 Å². The van der Waals surface area contributed by atoms with Gasteiger partial charge in [-0.15, -0.1) is 0 Å². The Bertz CT molecular complexity index is 2780.